The molecule has 2 aliphatic heterocycles. The van der Waals surface area contributed by atoms with Crippen LogP contribution in [-0.4, -0.2) is 41.7 Å². The zero-order valence-corrected chi connectivity index (χ0v) is 16.9. The van der Waals surface area contributed by atoms with Crippen LogP contribution in [0, 0.1) is 0 Å². The number of hydrogen-bond acceptors (Lipinski definition) is 6. The minimum atomic E-state index is -0.144. The van der Waals surface area contributed by atoms with E-state index in [0.717, 1.165) is 41.5 Å². The second kappa shape index (κ2) is 7.46. The summed E-state index contributed by atoms with van der Waals surface area (Å²) in [4.78, 5) is 25.7. The van der Waals surface area contributed by atoms with Crippen LogP contribution in [0.4, 0.5) is 22.0 Å². The number of hydrogen-bond donors (Lipinski definition) is 2. The molecule has 148 valence electrons. The monoisotopic (exact) mass is 406 g/mol. The molecule has 29 heavy (non-hydrogen) atoms. The maximum atomic E-state index is 12.8. The molecular formula is C21H22N6OS. The molecule has 8 heteroatoms. The van der Waals surface area contributed by atoms with Gasteiger partial charge in [-0.3, -0.25) is 9.88 Å². The van der Waals surface area contributed by atoms with Gasteiger partial charge in [0.1, 0.15) is 10.8 Å². The Labute approximate surface area is 173 Å². The first-order valence-corrected chi connectivity index (χ1v) is 10.6. The van der Waals surface area contributed by atoms with Gasteiger partial charge >= 0.3 is 6.03 Å². The average molecular weight is 407 g/mol. The molecule has 2 aliphatic rings. The third-order valence-electron chi connectivity index (χ3n) is 5.46. The van der Waals surface area contributed by atoms with Gasteiger partial charge in [0.25, 0.3) is 0 Å². The molecule has 5 rings (SSSR count). The van der Waals surface area contributed by atoms with Crippen molar-refractivity contribution in [3.8, 4) is 10.6 Å². The highest BCUT2D eigenvalue weighted by Crippen LogP contribution is 2.36. The SMILES string of the molecule is CC1CNCCN1c1cccc2c1CN(c1csc(-c3ccncc3)n1)C(=O)N2. The van der Waals surface area contributed by atoms with Gasteiger partial charge in [-0.2, -0.15) is 0 Å². The van der Waals surface area contributed by atoms with Crippen molar-refractivity contribution in [2.24, 2.45) is 0 Å². The molecule has 2 amide bonds. The number of benzene rings is 1. The fourth-order valence-corrected chi connectivity index (χ4v) is 4.76. The molecule has 1 saturated heterocycles. The molecule has 0 aliphatic carbocycles. The van der Waals surface area contributed by atoms with Crippen molar-refractivity contribution >= 4 is 34.6 Å². The zero-order valence-electron chi connectivity index (χ0n) is 16.1. The highest BCUT2D eigenvalue weighted by molar-refractivity contribution is 7.13. The van der Waals surface area contributed by atoms with Crippen LogP contribution in [0.25, 0.3) is 10.6 Å². The van der Waals surface area contributed by atoms with E-state index in [1.54, 1.807) is 17.3 Å². The molecule has 0 bridgehead atoms. The lowest BCUT2D eigenvalue weighted by Crippen LogP contribution is -2.50. The number of urea groups is 1. The number of thiazole rings is 1. The average Bonchev–Trinajstić information content (AvgIpc) is 3.24. The van der Waals surface area contributed by atoms with Crippen LogP contribution < -0.4 is 20.4 Å². The lowest BCUT2D eigenvalue weighted by molar-refractivity contribution is 0.256. The number of pyridine rings is 1. The predicted octanol–water partition coefficient (Wildman–Crippen LogP) is 3.56. The van der Waals surface area contributed by atoms with Crippen molar-refractivity contribution in [3.05, 3.63) is 53.7 Å². The standard InChI is InChI=1S/C21H22N6OS/c1-14-11-23-9-10-26(14)18-4-2-3-17-16(18)12-27(21(28)24-17)19-13-29-20(25-19)15-5-7-22-8-6-15/h2-8,13-14,23H,9-12H2,1H3,(H,24,28). The number of carbonyl (C=O) groups is 1. The maximum absolute atomic E-state index is 12.8. The third-order valence-corrected chi connectivity index (χ3v) is 6.34. The minimum absolute atomic E-state index is 0.144. The van der Waals surface area contributed by atoms with Crippen LogP contribution in [0.5, 0.6) is 0 Å². The fraction of sp³-hybridized carbons (Fsp3) is 0.286. The number of anilines is 3. The highest BCUT2D eigenvalue weighted by atomic mass is 32.1. The second-order valence-corrected chi connectivity index (χ2v) is 8.17. The Balaban J connectivity index is 1.47. The van der Waals surface area contributed by atoms with E-state index in [2.05, 4.69) is 33.5 Å². The lowest BCUT2D eigenvalue weighted by Gasteiger charge is -2.39. The Morgan fingerprint density at radius 2 is 2.07 bits per heavy atom. The zero-order chi connectivity index (χ0) is 19.8. The van der Waals surface area contributed by atoms with E-state index in [0.29, 0.717) is 18.4 Å². The normalized spacial score (nSPS) is 19.1. The summed E-state index contributed by atoms with van der Waals surface area (Å²) in [5, 5.41) is 9.31. The summed E-state index contributed by atoms with van der Waals surface area (Å²) in [6.07, 6.45) is 3.50. The summed E-state index contributed by atoms with van der Waals surface area (Å²) in [6.45, 7) is 5.61. The Bertz CT molecular complexity index is 1040. The van der Waals surface area contributed by atoms with Crippen LogP contribution in [0.15, 0.2) is 48.1 Å². The molecule has 4 heterocycles. The van der Waals surface area contributed by atoms with Crippen molar-refractivity contribution in [1.82, 2.24) is 15.3 Å². The lowest BCUT2D eigenvalue weighted by atomic mass is 10.0. The topological polar surface area (TPSA) is 73.4 Å². The maximum Gasteiger partial charge on any atom is 0.327 e. The molecule has 0 spiro atoms. The number of nitrogens with zero attached hydrogens (tertiary/aromatic N) is 4. The number of rotatable bonds is 3. The van der Waals surface area contributed by atoms with Gasteiger partial charge in [0.05, 0.1) is 6.54 Å². The van der Waals surface area contributed by atoms with Gasteiger partial charge < -0.3 is 15.5 Å². The van der Waals surface area contributed by atoms with Gasteiger partial charge in [0.15, 0.2) is 0 Å². The highest BCUT2D eigenvalue weighted by Gasteiger charge is 2.30. The number of carbonyl (C=O) groups excluding carboxylic acids is 1. The van der Waals surface area contributed by atoms with E-state index in [4.69, 9.17) is 4.98 Å². The molecule has 1 aromatic carbocycles. The summed E-state index contributed by atoms with van der Waals surface area (Å²) in [6, 6.07) is 10.3. The fourth-order valence-electron chi connectivity index (χ4n) is 3.94. The second-order valence-electron chi connectivity index (χ2n) is 7.31. The van der Waals surface area contributed by atoms with E-state index >= 15 is 0 Å². The molecule has 1 atom stereocenters. The van der Waals surface area contributed by atoms with Crippen LogP contribution in [0.3, 0.4) is 0 Å². The van der Waals surface area contributed by atoms with Crippen molar-refractivity contribution in [1.29, 1.82) is 0 Å². The Morgan fingerprint density at radius 1 is 1.21 bits per heavy atom. The quantitative estimate of drug-likeness (QED) is 0.696. The number of aromatic nitrogens is 2. The molecular weight excluding hydrogens is 384 g/mol. The van der Waals surface area contributed by atoms with Crippen molar-refractivity contribution in [2.45, 2.75) is 19.5 Å². The largest absolute Gasteiger partial charge is 0.366 e. The van der Waals surface area contributed by atoms with Gasteiger partial charge in [0.2, 0.25) is 0 Å². The molecule has 7 nitrogen and oxygen atoms in total. The molecule has 0 saturated carbocycles. The van der Waals surface area contributed by atoms with Crippen LogP contribution in [0.2, 0.25) is 0 Å². The van der Waals surface area contributed by atoms with Gasteiger partial charge in [-0.1, -0.05) is 6.07 Å². The van der Waals surface area contributed by atoms with E-state index in [9.17, 15) is 4.79 Å². The van der Waals surface area contributed by atoms with Crippen molar-refractivity contribution in [2.75, 3.05) is 34.8 Å². The third kappa shape index (κ3) is 3.34. The molecule has 1 unspecified atom stereocenters. The first-order chi connectivity index (χ1) is 14.2. The smallest absolute Gasteiger partial charge is 0.327 e. The summed E-state index contributed by atoms with van der Waals surface area (Å²) in [5.41, 5.74) is 4.22. The Morgan fingerprint density at radius 3 is 2.90 bits per heavy atom. The molecule has 1 fully saturated rings. The van der Waals surface area contributed by atoms with Crippen LogP contribution >= 0.6 is 11.3 Å². The number of nitrogens with one attached hydrogen (secondary N) is 2. The van der Waals surface area contributed by atoms with Gasteiger partial charge in [-0.05, 0) is 31.2 Å². The Hall–Kier alpha value is -2.97. The van der Waals surface area contributed by atoms with Gasteiger partial charge in [0, 0.05) is 66.0 Å². The first-order valence-electron chi connectivity index (χ1n) is 9.74. The van der Waals surface area contributed by atoms with E-state index in [-0.39, 0.29) is 6.03 Å². The van der Waals surface area contributed by atoms with Crippen LogP contribution in [0.1, 0.15) is 12.5 Å². The minimum Gasteiger partial charge on any atom is -0.366 e. The summed E-state index contributed by atoms with van der Waals surface area (Å²) < 4.78 is 0. The van der Waals surface area contributed by atoms with E-state index < -0.39 is 0 Å². The first kappa shape index (κ1) is 18.1. The molecule has 2 N–H and O–H groups in total. The molecule has 0 radical (unpaired) electrons. The van der Waals surface area contributed by atoms with Crippen molar-refractivity contribution in [3.63, 3.8) is 0 Å². The summed E-state index contributed by atoms with van der Waals surface area (Å²) >= 11 is 1.53. The van der Waals surface area contributed by atoms with E-state index in [1.165, 1.54) is 17.0 Å². The van der Waals surface area contributed by atoms with E-state index in [1.807, 2.05) is 29.6 Å². The number of amides is 2. The molecule has 3 aromatic rings. The summed E-state index contributed by atoms with van der Waals surface area (Å²) in [7, 11) is 0. The summed E-state index contributed by atoms with van der Waals surface area (Å²) in [5.74, 6) is 0.674. The van der Waals surface area contributed by atoms with Crippen LogP contribution in [-0.2, 0) is 6.54 Å². The van der Waals surface area contributed by atoms with Gasteiger partial charge in [-0.25, -0.2) is 9.78 Å². The van der Waals surface area contributed by atoms with Gasteiger partial charge in [-0.15, -0.1) is 11.3 Å². The number of fused-ring (bicyclic) bond motifs is 1. The van der Waals surface area contributed by atoms with Crippen molar-refractivity contribution < 1.29 is 4.79 Å². The molecule has 2 aromatic heterocycles. The predicted molar refractivity (Wildman–Crippen MR) is 117 cm³/mol. The Kier molecular flexibility index (Phi) is 4.65. The number of piperazine rings is 1.